The monoisotopic (exact) mass is 319 g/mol. The minimum atomic E-state index is 0.805. The van der Waals surface area contributed by atoms with Crippen molar-refractivity contribution in [3.05, 3.63) is 32.7 Å². The van der Waals surface area contributed by atoms with Crippen LogP contribution in [0.5, 0.6) is 0 Å². The fourth-order valence-electron chi connectivity index (χ4n) is 1.37. The Labute approximate surface area is 102 Å². The molecule has 1 rings (SSSR count). The summed E-state index contributed by atoms with van der Waals surface area (Å²) >= 11 is 7.03. The normalized spacial score (nSPS) is 10.5. The number of unbranched alkanes of at least 4 members (excludes halogenated alkanes) is 2. The summed E-state index contributed by atoms with van der Waals surface area (Å²) in [6.07, 6.45) is 4.69. The predicted octanol–water partition coefficient (Wildman–Crippen LogP) is 3.88. The number of rotatable bonds is 5. The maximum absolute atomic E-state index is 5.45. The van der Waals surface area contributed by atoms with Gasteiger partial charge in [0.15, 0.2) is 0 Å². The summed E-state index contributed by atoms with van der Waals surface area (Å²) in [4.78, 5) is 0. The van der Waals surface area contributed by atoms with Crippen LogP contribution in [0.1, 0.15) is 24.8 Å². The van der Waals surface area contributed by atoms with Gasteiger partial charge in [-0.1, -0.05) is 38.3 Å². The van der Waals surface area contributed by atoms with Gasteiger partial charge in [0, 0.05) is 8.95 Å². The average Bonchev–Trinajstić information content (AvgIpc) is 2.18. The average molecular weight is 321 g/mol. The molecular formula is C11H15Br2N. The molecule has 2 N–H and O–H groups in total. The van der Waals surface area contributed by atoms with Gasteiger partial charge in [0.05, 0.1) is 0 Å². The molecule has 0 bridgehead atoms. The Bertz CT molecular complexity index is 287. The summed E-state index contributed by atoms with van der Waals surface area (Å²) in [6, 6.07) is 6.31. The Morgan fingerprint density at radius 3 is 2.57 bits per heavy atom. The van der Waals surface area contributed by atoms with Crippen molar-refractivity contribution in [1.29, 1.82) is 0 Å². The van der Waals surface area contributed by atoms with Crippen LogP contribution in [0, 0.1) is 0 Å². The van der Waals surface area contributed by atoms with Crippen molar-refractivity contribution in [3.8, 4) is 0 Å². The molecule has 1 nitrogen and oxygen atoms in total. The summed E-state index contributed by atoms with van der Waals surface area (Å²) in [7, 11) is 0. The van der Waals surface area contributed by atoms with Gasteiger partial charge in [0.25, 0.3) is 0 Å². The maximum Gasteiger partial charge on any atom is 0.0208 e. The summed E-state index contributed by atoms with van der Waals surface area (Å²) in [5, 5.41) is 0. The molecule has 14 heavy (non-hydrogen) atoms. The van der Waals surface area contributed by atoms with Crippen LogP contribution in [0.15, 0.2) is 27.1 Å². The zero-order valence-electron chi connectivity index (χ0n) is 8.10. The quantitative estimate of drug-likeness (QED) is 0.818. The third-order valence-electron chi connectivity index (χ3n) is 2.16. The minimum Gasteiger partial charge on any atom is -0.330 e. The molecule has 0 unspecified atom stereocenters. The second kappa shape index (κ2) is 6.59. The molecule has 0 aliphatic carbocycles. The molecule has 0 aliphatic heterocycles. The number of halogens is 2. The van der Waals surface area contributed by atoms with E-state index in [-0.39, 0.29) is 0 Å². The summed E-state index contributed by atoms with van der Waals surface area (Å²) < 4.78 is 2.35. The van der Waals surface area contributed by atoms with E-state index in [1.807, 2.05) is 6.07 Å². The molecule has 1 aromatic carbocycles. The van der Waals surface area contributed by atoms with Gasteiger partial charge < -0.3 is 5.73 Å². The van der Waals surface area contributed by atoms with Gasteiger partial charge in [-0.2, -0.15) is 0 Å². The van der Waals surface area contributed by atoms with Crippen molar-refractivity contribution in [3.63, 3.8) is 0 Å². The highest BCUT2D eigenvalue weighted by Crippen LogP contribution is 2.23. The Morgan fingerprint density at radius 2 is 1.86 bits per heavy atom. The zero-order valence-corrected chi connectivity index (χ0v) is 11.3. The molecule has 0 spiro atoms. The standard InChI is InChI=1S/C11H15Br2N/c12-10-5-6-11(13)9(8-10)4-2-1-3-7-14/h5-6,8H,1-4,7,14H2. The van der Waals surface area contributed by atoms with E-state index in [9.17, 15) is 0 Å². The number of hydrogen-bond donors (Lipinski definition) is 1. The number of hydrogen-bond acceptors (Lipinski definition) is 1. The SMILES string of the molecule is NCCCCCc1cc(Br)ccc1Br. The molecule has 0 fully saturated rings. The molecule has 1 aromatic rings. The Balaban J connectivity index is 2.45. The van der Waals surface area contributed by atoms with E-state index in [1.165, 1.54) is 22.9 Å². The van der Waals surface area contributed by atoms with Crippen molar-refractivity contribution in [2.24, 2.45) is 5.73 Å². The van der Waals surface area contributed by atoms with Crippen molar-refractivity contribution >= 4 is 31.9 Å². The Morgan fingerprint density at radius 1 is 1.07 bits per heavy atom. The van der Waals surface area contributed by atoms with E-state index >= 15 is 0 Å². The third kappa shape index (κ3) is 4.11. The van der Waals surface area contributed by atoms with Crippen LogP contribution >= 0.6 is 31.9 Å². The van der Waals surface area contributed by atoms with E-state index in [0.717, 1.165) is 23.9 Å². The predicted molar refractivity (Wildman–Crippen MR) is 68.5 cm³/mol. The Kier molecular flexibility index (Phi) is 5.75. The van der Waals surface area contributed by atoms with E-state index in [4.69, 9.17) is 5.73 Å². The highest BCUT2D eigenvalue weighted by Gasteiger charge is 2.00. The fourth-order valence-corrected chi connectivity index (χ4v) is 2.22. The van der Waals surface area contributed by atoms with Crippen molar-refractivity contribution in [2.45, 2.75) is 25.7 Å². The van der Waals surface area contributed by atoms with Crippen molar-refractivity contribution in [2.75, 3.05) is 6.54 Å². The first kappa shape index (κ1) is 12.2. The van der Waals surface area contributed by atoms with Gasteiger partial charge in [-0.05, 0) is 49.6 Å². The van der Waals surface area contributed by atoms with E-state index < -0.39 is 0 Å². The molecule has 0 saturated heterocycles. The van der Waals surface area contributed by atoms with Gasteiger partial charge in [-0.15, -0.1) is 0 Å². The second-order valence-electron chi connectivity index (χ2n) is 3.34. The van der Waals surface area contributed by atoms with Crippen LogP contribution in [-0.2, 0) is 6.42 Å². The number of benzene rings is 1. The minimum absolute atomic E-state index is 0.805. The Hall–Kier alpha value is 0.140. The molecule has 0 aliphatic rings. The van der Waals surface area contributed by atoms with Crippen LogP contribution in [0.4, 0.5) is 0 Å². The maximum atomic E-state index is 5.45. The first-order valence-corrected chi connectivity index (χ1v) is 6.46. The third-order valence-corrected chi connectivity index (χ3v) is 3.42. The lowest BCUT2D eigenvalue weighted by Gasteiger charge is -2.04. The van der Waals surface area contributed by atoms with Crippen LogP contribution in [0.3, 0.4) is 0 Å². The first-order valence-electron chi connectivity index (χ1n) is 4.88. The van der Waals surface area contributed by atoms with Crippen LogP contribution in [0.2, 0.25) is 0 Å². The van der Waals surface area contributed by atoms with Gasteiger partial charge >= 0.3 is 0 Å². The number of nitrogens with two attached hydrogens (primary N) is 1. The van der Waals surface area contributed by atoms with Gasteiger partial charge in [-0.25, -0.2) is 0 Å². The molecule has 3 heteroatoms. The molecular weight excluding hydrogens is 306 g/mol. The van der Waals surface area contributed by atoms with Gasteiger partial charge in [0.1, 0.15) is 0 Å². The zero-order chi connectivity index (χ0) is 10.4. The largest absolute Gasteiger partial charge is 0.330 e. The molecule has 78 valence electrons. The lowest BCUT2D eigenvalue weighted by molar-refractivity contribution is 0.685. The number of aryl methyl sites for hydroxylation is 1. The van der Waals surface area contributed by atoms with Crippen molar-refractivity contribution in [1.82, 2.24) is 0 Å². The van der Waals surface area contributed by atoms with Crippen LogP contribution in [0.25, 0.3) is 0 Å². The highest BCUT2D eigenvalue weighted by atomic mass is 79.9. The first-order chi connectivity index (χ1) is 6.74. The molecule has 0 atom stereocenters. The lowest BCUT2D eigenvalue weighted by atomic mass is 10.1. The van der Waals surface area contributed by atoms with E-state index in [0.29, 0.717) is 0 Å². The lowest BCUT2D eigenvalue weighted by Crippen LogP contribution is -1.98. The summed E-state index contributed by atoms with van der Waals surface area (Å²) in [6.45, 7) is 0.805. The smallest absolute Gasteiger partial charge is 0.0208 e. The fraction of sp³-hybridized carbons (Fsp3) is 0.455. The summed E-state index contributed by atoms with van der Waals surface area (Å²) in [5.74, 6) is 0. The second-order valence-corrected chi connectivity index (χ2v) is 5.11. The van der Waals surface area contributed by atoms with E-state index in [1.54, 1.807) is 0 Å². The topological polar surface area (TPSA) is 26.0 Å². The molecule has 0 radical (unpaired) electrons. The molecule has 0 heterocycles. The van der Waals surface area contributed by atoms with Gasteiger partial charge in [-0.3, -0.25) is 0 Å². The summed E-state index contributed by atoms with van der Waals surface area (Å²) in [5.41, 5.74) is 6.82. The van der Waals surface area contributed by atoms with Crippen molar-refractivity contribution < 1.29 is 0 Å². The molecule has 0 saturated carbocycles. The molecule has 0 amide bonds. The van der Waals surface area contributed by atoms with E-state index in [2.05, 4.69) is 44.0 Å². The highest BCUT2D eigenvalue weighted by molar-refractivity contribution is 9.11. The van der Waals surface area contributed by atoms with Crippen LogP contribution in [-0.4, -0.2) is 6.54 Å². The molecule has 0 aromatic heterocycles. The van der Waals surface area contributed by atoms with Crippen LogP contribution < -0.4 is 5.73 Å². The van der Waals surface area contributed by atoms with Gasteiger partial charge in [0.2, 0.25) is 0 Å².